The number of carbonyl (C=O) groups excluding carboxylic acids is 1. The Morgan fingerprint density at radius 3 is 1.84 bits per heavy atom. The van der Waals surface area contributed by atoms with Crippen LogP contribution in [0.25, 0.3) is 0 Å². The van der Waals surface area contributed by atoms with Crippen molar-refractivity contribution in [3.8, 4) is 11.5 Å². The molecular weight excluding hydrogens is 444 g/mol. The van der Waals surface area contributed by atoms with Crippen LogP contribution in [0.15, 0.2) is 84.9 Å². The number of Topliss-reactive ketones (excluding diaryl/α,β-unsaturated/α-hetero) is 1. The van der Waals surface area contributed by atoms with Gasteiger partial charge >= 0.3 is 0 Å². The lowest BCUT2D eigenvalue weighted by molar-refractivity contribution is 0.0991. The zero-order chi connectivity index (χ0) is 17.6. The first-order valence-corrected chi connectivity index (χ1v) is 9.68. The molecule has 0 saturated carbocycles. The summed E-state index contributed by atoms with van der Waals surface area (Å²) >= 11 is 7.14. The summed E-state index contributed by atoms with van der Waals surface area (Å²) in [5.74, 6) is 1.49. The molecule has 0 saturated heterocycles. The zero-order valence-electron chi connectivity index (χ0n) is 13.3. The number of alkyl halides is 2. The molecule has 4 heteroatoms. The molecule has 3 aromatic rings. The fraction of sp³-hybridized carbons (Fsp3) is 0.0952. The average molecular weight is 460 g/mol. The normalized spacial score (nSPS) is 13.0. The molecule has 2 atom stereocenters. The fourth-order valence-corrected chi connectivity index (χ4v) is 3.52. The summed E-state index contributed by atoms with van der Waals surface area (Å²) in [6.45, 7) is 0. The quantitative estimate of drug-likeness (QED) is 0.308. The first-order valence-electron chi connectivity index (χ1n) is 7.85. The Labute approximate surface area is 164 Å². The van der Waals surface area contributed by atoms with Crippen molar-refractivity contribution in [2.24, 2.45) is 0 Å². The SMILES string of the molecule is O=C(c1ccc(Oc2ccccc2)cc1)C(Br)C(Br)c1ccccc1. The summed E-state index contributed by atoms with van der Waals surface area (Å²) in [4.78, 5) is 12.3. The van der Waals surface area contributed by atoms with Gasteiger partial charge in [0.1, 0.15) is 11.5 Å². The Morgan fingerprint density at radius 1 is 0.720 bits per heavy atom. The van der Waals surface area contributed by atoms with Crippen molar-refractivity contribution < 1.29 is 9.53 Å². The van der Waals surface area contributed by atoms with Crippen molar-refractivity contribution in [2.45, 2.75) is 9.65 Å². The van der Waals surface area contributed by atoms with E-state index in [1.54, 1.807) is 12.1 Å². The molecule has 25 heavy (non-hydrogen) atoms. The van der Waals surface area contributed by atoms with Gasteiger partial charge in [0.15, 0.2) is 5.78 Å². The largest absolute Gasteiger partial charge is 0.457 e. The molecule has 3 rings (SSSR count). The molecular formula is C21H16Br2O2. The third-order valence-corrected chi connectivity index (χ3v) is 6.45. The molecule has 0 aromatic heterocycles. The number of ether oxygens (including phenoxy) is 1. The van der Waals surface area contributed by atoms with Crippen molar-refractivity contribution in [1.29, 1.82) is 0 Å². The Kier molecular flexibility index (Phi) is 6.05. The Balaban J connectivity index is 1.70. The van der Waals surface area contributed by atoms with Crippen LogP contribution in [0.5, 0.6) is 11.5 Å². The minimum atomic E-state index is -0.351. The Hall–Kier alpha value is -1.91. The fourth-order valence-electron chi connectivity index (χ4n) is 2.41. The van der Waals surface area contributed by atoms with Crippen LogP contribution in [-0.4, -0.2) is 10.6 Å². The third-order valence-electron chi connectivity index (χ3n) is 3.74. The predicted molar refractivity (Wildman–Crippen MR) is 108 cm³/mol. The lowest BCUT2D eigenvalue weighted by Gasteiger charge is -2.16. The van der Waals surface area contributed by atoms with Crippen LogP contribution in [0.2, 0.25) is 0 Å². The van der Waals surface area contributed by atoms with E-state index in [0.29, 0.717) is 11.3 Å². The molecule has 2 unspecified atom stereocenters. The molecule has 2 nitrogen and oxygen atoms in total. The van der Waals surface area contributed by atoms with Gasteiger partial charge < -0.3 is 4.74 Å². The van der Waals surface area contributed by atoms with Gasteiger partial charge in [0.05, 0.1) is 9.65 Å². The third kappa shape index (κ3) is 4.59. The van der Waals surface area contributed by atoms with E-state index in [1.807, 2.05) is 72.8 Å². The van der Waals surface area contributed by atoms with Crippen molar-refractivity contribution in [1.82, 2.24) is 0 Å². The minimum Gasteiger partial charge on any atom is -0.457 e. The van der Waals surface area contributed by atoms with E-state index in [4.69, 9.17) is 4.74 Å². The zero-order valence-corrected chi connectivity index (χ0v) is 16.5. The van der Waals surface area contributed by atoms with E-state index >= 15 is 0 Å². The lowest BCUT2D eigenvalue weighted by atomic mass is 10.0. The molecule has 0 radical (unpaired) electrons. The van der Waals surface area contributed by atoms with E-state index in [-0.39, 0.29) is 15.4 Å². The van der Waals surface area contributed by atoms with Gasteiger partial charge in [0.2, 0.25) is 0 Å². The first kappa shape index (κ1) is 17.9. The first-order chi connectivity index (χ1) is 12.1. The molecule has 3 aromatic carbocycles. The molecule has 0 spiro atoms. The van der Waals surface area contributed by atoms with Gasteiger partial charge in [-0.15, -0.1) is 0 Å². The highest BCUT2D eigenvalue weighted by molar-refractivity contribution is 9.12. The summed E-state index contributed by atoms with van der Waals surface area (Å²) in [6, 6.07) is 26.6. The van der Waals surface area contributed by atoms with Crippen molar-refractivity contribution >= 4 is 37.6 Å². The molecule has 0 heterocycles. The number of carbonyl (C=O) groups is 1. The van der Waals surface area contributed by atoms with Crippen LogP contribution in [0.1, 0.15) is 20.7 Å². The highest BCUT2D eigenvalue weighted by Gasteiger charge is 2.25. The topological polar surface area (TPSA) is 26.3 Å². The summed E-state index contributed by atoms with van der Waals surface area (Å²) in [5.41, 5.74) is 1.70. The highest BCUT2D eigenvalue weighted by atomic mass is 79.9. The van der Waals surface area contributed by atoms with Gasteiger partial charge in [-0.05, 0) is 42.0 Å². The maximum Gasteiger partial charge on any atom is 0.177 e. The van der Waals surface area contributed by atoms with Crippen LogP contribution < -0.4 is 4.74 Å². The summed E-state index contributed by atoms with van der Waals surface area (Å²) in [5, 5.41) is 0. The molecule has 0 amide bonds. The smallest absolute Gasteiger partial charge is 0.177 e. The van der Waals surface area contributed by atoms with Crippen molar-refractivity contribution in [2.75, 3.05) is 0 Å². The molecule has 126 valence electrons. The maximum absolute atomic E-state index is 12.7. The number of hydrogen-bond donors (Lipinski definition) is 0. The molecule has 0 aliphatic carbocycles. The molecule has 0 bridgehead atoms. The Morgan fingerprint density at radius 2 is 1.24 bits per heavy atom. The number of rotatable bonds is 6. The molecule has 0 fully saturated rings. The number of para-hydroxylation sites is 1. The van der Waals surface area contributed by atoms with E-state index in [9.17, 15) is 4.79 Å². The number of hydrogen-bond acceptors (Lipinski definition) is 2. The summed E-state index contributed by atoms with van der Waals surface area (Å²) < 4.78 is 5.76. The van der Waals surface area contributed by atoms with E-state index in [2.05, 4.69) is 31.9 Å². The van der Waals surface area contributed by atoms with Crippen LogP contribution >= 0.6 is 31.9 Å². The minimum absolute atomic E-state index is 0.0250. The van der Waals surface area contributed by atoms with E-state index < -0.39 is 0 Å². The van der Waals surface area contributed by atoms with Crippen molar-refractivity contribution in [3.05, 3.63) is 96.1 Å². The second kappa shape index (κ2) is 8.45. The van der Waals surface area contributed by atoms with Gasteiger partial charge in [-0.25, -0.2) is 0 Å². The monoisotopic (exact) mass is 458 g/mol. The maximum atomic E-state index is 12.7. The predicted octanol–water partition coefficient (Wildman–Crippen LogP) is 6.56. The molecule has 0 N–H and O–H groups in total. The van der Waals surface area contributed by atoms with Crippen LogP contribution in [-0.2, 0) is 0 Å². The van der Waals surface area contributed by atoms with Gasteiger partial charge in [-0.2, -0.15) is 0 Å². The highest BCUT2D eigenvalue weighted by Crippen LogP contribution is 2.33. The van der Waals surface area contributed by atoms with Gasteiger partial charge in [-0.1, -0.05) is 80.4 Å². The van der Waals surface area contributed by atoms with Crippen LogP contribution in [0.4, 0.5) is 0 Å². The van der Waals surface area contributed by atoms with Crippen LogP contribution in [0.3, 0.4) is 0 Å². The second-order valence-corrected chi connectivity index (χ2v) is 7.49. The van der Waals surface area contributed by atoms with Crippen molar-refractivity contribution in [3.63, 3.8) is 0 Å². The summed E-state index contributed by atoms with van der Waals surface area (Å²) in [6.07, 6.45) is 0. The summed E-state index contributed by atoms with van der Waals surface area (Å²) in [7, 11) is 0. The molecule has 0 aliphatic heterocycles. The van der Waals surface area contributed by atoms with E-state index in [0.717, 1.165) is 11.3 Å². The number of halogens is 2. The van der Waals surface area contributed by atoms with E-state index in [1.165, 1.54) is 0 Å². The van der Waals surface area contributed by atoms with Gasteiger partial charge in [-0.3, -0.25) is 4.79 Å². The Bertz CT molecular complexity index is 818. The lowest BCUT2D eigenvalue weighted by Crippen LogP contribution is -2.19. The second-order valence-electron chi connectivity index (χ2n) is 5.52. The van der Waals surface area contributed by atoms with Gasteiger partial charge in [0.25, 0.3) is 0 Å². The average Bonchev–Trinajstić information content (AvgIpc) is 2.68. The number of benzene rings is 3. The standard InChI is InChI=1S/C21H16Br2O2/c22-19(15-7-3-1-4-8-15)20(23)21(24)16-11-13-18(14-12-16)25-17-9-5-2-6-10-17/h1-14,19-20H. The molecule has 0 aliphatic rings. The van der Waals surface area contributed by atoms with Gasteiger partial charge in [0, 0.05) is 5.56 Å². The number of ketones is 1. The van der Waals surface area contributed by atoms with Crippen LogP contribution in [0, 0.1) is 0 Å².